The summed E-state index contributed by atoms with van der Waals surface area (Å²) in [6.07, 6.45) is 7.74. The quantitative estimate of drug-likeness (QED) is 0.386. The SMILES string of the molecule is C=C[C@H]1C=C[C@@H]([B]C)C1. The van der Waals surface area contributed by atoms with Gasteiger partial charge in [-0.15, -0.1) is 6.58 Å². The predicted octanol–water partition coefficient (Wildman–Crippen LogP) is 2.29. The molecule has 2 atom stereocenters. The minimum Gasteiger partial charge on any atom is -0.102 e. The van der Waals surface area contributed by atoms with E-state index in [9.17, 15) is 0 Å². The van der Waals surface area contributed by atoms with Crippen molar-refractivity contribution >= 4 is 7.28 Å². The van der Waals surface area contributed by atoms with Crippen LogP contribution in [0.15, 0.2) is 24.8 Å². The first-order valence-corrected chi connectivity index (χ1v) is 3.47. The third-order valence-corrected chi connectivity index (χ3v) is 1.88. The Bertz CT molecular complexity index is 127. The molecule has 0 unspecified atom stereocenters. The molecule has 1 radical (unpaired) electrons. The van der Waals surface area contributed by atoms with E-state index in [1.54, 1.807) is 0 Å². The molecule has 1 aliphatic rings. The van der Waals surface area contributed by atoms with E-state index in [0.717, 1.165) is 0 Å². The average molecular weight is 119 g/mol. The second kappa shape index (κ2) is 2.91. The zero-order valence-corrected chi connectivity index (χ0v) is 5.88. The van der Waals surface area contributed by atoms with Crippen molar-refractivity contribution in [3.8, 4) is 0 Å². The summed E-state index contributed by atoms with van der Waals surface area (Å²) in [7, 11) is 2.24. The Morgan fingerprint density at radius 1 is 1.67 bits per heavy atom. The summed E-state index contributed by atoms with van der Waals surface area (Å²) in [5, 5.41) is 0. The third kappa shape index (κ3) is 1.47. The van der Waals surface area contributed by atoms with Gasteiger partial charge >= 0.3 is 0 Å². The number of allylic oxidation sites excluding steroid dienone is 3. The molecule has 0 fully saturated rings. The van der Waals surface area contributed by atoms with E-state index in [1.807, 2.05) is 6.08 Å². The lowest BCUT2D eigenvalue weighted by Gasteiger charge is -2.02. The summed E-state index contributed by atoms with van der Waals surface area (Å²) in [6.45, 7) is 5.86. The lowest BCUT2D eigenvalue weighted by molar-refractivity contribution is 0.769. The Kier molecular flexibility index (Phi) is 2.15. The molecule has 0 saturated carbocycles. The molecule has 0 nitrogen and oxygen atoms in total. The van der Waals surface area contributed by atoms with Gasteiger partial charge in [-0.2, -0.15) is 0 Å². The summed E-state index contributed by atoms with van der Waals surface area (Å²) in [5.41, 5.74) is 0. The largest absolute Gasteiger partial charge is 0.115 e. The maximum absolute atomic E-state index is 3.75. The van der Waals surface area contributed by atoms with Crippen LogP contribution in [0.5, 0.6) is 0 Å². The number of rotatable bonds is 2. The van der Waals surface area contributed by atoms with Gasteiger partial charge < -0.3 is 0 Å². The standard InChI is InChI=1S/C8H12B/c1-3-7-4-5-8(6-7)9-2/h3-5,7-8H,1,6H2,2H3/t7-,8+/m0/s1. The second-order valence-electron chi connectivity index (χ2n) is 2.52. The van der Waals surface area contributed by atoms with Crippen molar-refractivity contribution in [2.75, 3.05) is 0 Å². The normalized spacial score (nSPS) is 32.6. The highest BCUT2D eigenvalue weighted by Gasteiger charge is 2.13. The average Bonchev–Trinajstić information content (AvgIpc) is 2.34. The molecule has 0 aromatic heterocycles. The lowest BCUT2D eigenvalue weighted by Crippen LogP contribution is -1.94. The van der Waals surface area contributed by atoms with Gasteiger partial charge in [0, 0.05) is 0 Å². The van der Waals surface area contributed by atoms with Crippen molar-refractivity contribution in [3.05, 3.63) is 24.8 Å². The Hall–Kier alpha value is -0.455. The summed E-state index contributed by atoms with van der Waals surface area (Å²) >= 11 is 0. The highest BCUT2D eigenvalue weighted by atomic mass is 14.1. The highest BCUT2D eigenvalue weighted by molar-refractivity contribution is 6.36. The summed E-state index contributed by atoms with van der Waals surface area (Å²) in [6, 6.07) is 0. The first-order valence-electron chi connectivity index (χ1n) is 3.47. The zero-order valence-electron chi connectivity index (χ0n) is 5.88. The van der Waals surface area contributed by atoms with Crippen LogP contribution in [0, 0.1) is 5.92 Å². The predicted molar refractivity (Wildman–Crippen MR) is 42.8 cm³/mol. The van der Waals surface area contributed by atoms with Gasteiger partial charge in [0.25, 0.3) is 0 Å². The summed E-state index contributed by atoms with van der Waals surface area (Å²) < 4.78 is 0. The Morgan fingerprint density at radius 2 is 2.44 bits per heavy atom. The van der Waals surface area contributed by atoms with Gasteiger partial charge in [0.1, 0.15) is 7.28 Å². The van der Waals surface area contributed by atoms with Gasteiger partial charge in [-0.05, 0) is 12.3 Å². The summed E-state index contributed by atoms with van der Waals surface area (Å²) in [5.74, 6) is 1.33. The molecule has 0 aliphatic heterocycles. The first-order chi connectivity index (χ1) is 4.36. The van der Waals surface area contributed by atoms with E-state index < -0.39 is 0 Å². The van der Waals surface area contributed by atoms with Gasteiger partial charge in [0.05, 0.1) is 0 Å². The number of hydrogen-bond acceptors (Lipinski definition) is 0. The highest BCUT2D eigenvalue weighted by Crippen LogP contribution is 2.27. The zero-order chi connectivity index (χ0) is 6.69. The molecule has 0 N–H and O–H groups in total. The van der Waals surface area contributed by atoms with E-state index >= 15 is 0 Å². The molecule has 0 aromatic carbocycles. The molecule has 0 amide bonds. The Labute approximate surface area is 57.9 Å². The van der Waals surface area contributed by atoms with Crippen molar-refractivity contribution in [2.45, 2.75) is 19.1 Å². The molecule has 0 spiro atoms. The molecule has 0 saturated heterocycles. The smallest absolute Gasteiger partial charge is 0.102 e. The van der Waals surface area contributed by atoms with Crippen LogP contribution in [0.2, 0.25) is 12.6 Å². The van der Waals surface area contributed by atoms with Crippen molar-refractivity contribution in [3.63, 3.8) is 0 Å². The van der Waals surface area contributed by atoms with Crippen molar-refractivity contribution in [2.24, 2.45) is 5.92 Å². The fourth-order valence-electron chi connectivity index (χ4n) is 1.18. The van der Waals surface area contributed by atoms with Crippen molar-refractivity contribution in [1.29, 1.82) is 0 Å². The molecule has 0 bridgehead atoms. The molecule has 47 valence electrons. The second-order valence-corrected chi connectivity index (χ2v) is 2.52. The van der Waals surface area contributed by atoms with E-state index in [4.69, 9.17) is 0 Å². The van der Waals surface area contributed by atoms with E-state index in [0.29, 0.717) is 11.7 Å². The van der Waals surface area contributed by atoms with Gasteiger partial charge in [0.2, 0.25) is 0 Å². The van der Waals surface area contributed by atoms with Gasteiger partial charge in [0.15, 0.2) is 0 Å². The Morgan fingerprint density at radius 3 is 2.78 bits per heavy atom. The lowest BCUT2D eigenvalue weighted by atomic mass is 9.66. The molecule has 0 heterocycles. The van der Waals surface area contributed by atoms with Crippen LogP contribution in [0.1, 0.15) is 6.42 Å². The fourth-order valence-corrected chi connectivity index (χ4v) is 1.18. The topological polar surface area (TPSA) is 0 Å². The molecule has 0 aromatic rings. The van der Waals surface area contributed by atoms with E-state index in [2.05, 4.69) is 32.8 Å². The van der Waals surface area contributed by atoms with Crippen molar-refractivity contribution < 1.29 is 0 Å². The monoisotopic (exact) mass is 119 g/mol. The minimum atomic E-state index is 0.631. The molecule has 9 heavy (non-hydrogen) atoms. The van der Waals surface area contributed by atoms with Crippen LogP contribution >= 0.6 is 0 Å². The summed E-state index contributed by atoms with van der Waals surface area (Å²) in [4.78, 5) is 0. The van der Waals surface area contributed by atoms with Crippen LogP contribution in [0.4, 0.5) is 0 Å². The minimum absolute atomic E-state index is 0.631. The molecular formula is C8H12B. The molecule has 1 rings (SSSR count). The third-order valence-electron chi connectivity index (χ3n) is 1.88. The van der Waals surface area contributed by atoms with Gasteiger partial charge in [-0.1, -0.05) is 30.9 Å². The maximum Gasteiger partial charge on any atom is 0.115 e. The van der Waals surface area contributed by atoms with Crippen molar-refractivity contribution in [1.82, 2.24) is 0 Å². The van der Waals surface area contributed by atoms with E-state index in [-0.39, 0.29) is 0 Å². The fraction of sp³-hybridized carbons (Fsp3) is 0.500. The molecular weight excluding hydrogens is 107 g/mol. The molecule has 1 aliphatic carbocycles. The van der Waals surface area contributed by atoms with Gasteiger partial charge in [-0.3, -0.25) is 0 Å². The van der Waals surface area contributed by atoms with Crippen LogP contribution in [-0.2, 0) is 0 Å². The van der Waals surface area contributed by atoms with E-state index in [1.165, 1.54) is 6.42 Å². The van der Waals surface area contributed by atoms with Crippen LogP contribution in [0.25, 0.3) is 0 Å². The van der Waals surface area contributed by atoms with Crippen LogP contribution in [0.3, 0.4) is 0 Å². The maximum atomic E-state index is 3.75. The van der Waals surface area contributed by atoms with Gasteiger partial charge in [-0.25, -0.2) is 0 Å². The first kappa shape index (κ1) is 6.66. The Balaban J connectivity index is 2.39. The molecule has 1 heteroatoms. The number of hydrogen-bond donors (Lipinski definition) is 0. The van der Waals surface area contributed by atoms with Crippen LogP contribution in [-0.4, -0.2) is 7.28 Å². The van der Waals surface area contributed by atoms with Crippen LogP contribution < -0.4 is 0 Å².